The van der Waals surface area contributed by atoms with Crippen molar-refractivity contribution < 1.29 is 14.7 Å². The summed E-state index contributed by atoms with van der Waals surface area (Å²) < 4.78 is 0. The smallest absolute Gasteiger partial charge is 0.320 e. The number of aliphatic carboxylic acids is 1. The number of amides is 2. The summed E-state index contributed by atoms with van der Waals surface area (Å²) in [6.07, 6.45) is 5.72. The highest BCUT2D eigenvalue weighted by atomic mass is 16.4. The molecule has 112 valence electrons. The Bertz CT molecular complexity index is 548. The standard InChI is InChI=1S/C15H19N3O3/c1-17(9-10-4-6-16-7-5-10)15(21)18-11-2-3-13(18)12(8-11)14(19)20/h4-7,11-13H,2-3,8-9H2,1H3,(H,19,20). The molecule has 6 nitrogen and oxygen atoms in total. The maximum Gasteiger partial charge on any atom is 0.320 e. The summed E-state index contributed by atoms with van der Waals surface area (Å²) in [5, 5.41) is 9.25. The lowest BCUT2D eigenvalue weighted by atomic mass is 9.89. The first-order valence-electron chi connectivity index (χ1n) is 7.23. The van der Waals surface area contributed by atoms with Crippen LogP contribution in [0.2, 0.25) is 0 Å². The molecule has 0 radical (unpaired) electrons. The molecule has 2 amide bonds. The van der Waals surface area contributed by atoms with Crippen LogP contribution in [0.1, 0.15) is 24.8 Å². The van der Waals surface area contributed by atoms with Crippen molar-refractivity contribution in [1.82, 2.24) is 14.8 Å². The average molecular weight is 289 g/mol. The molecular formula is C15H19N3O3. The lowest BCUT2D eigenvalue weighted by Gasteiger charge is -2.28. The van der Waals surface area contributed by atoms with Gasteiger partial charge in [-0.15, -0.1) is 0 Å². The Hall–Kier alpha value is -2.11. The largest absolute Gasteiger partial charge is 0.481 e. The Morgan fingerprint density at radius 3 is 2.71 bits per heavy atom. The molecule has 2 aliphatic heterocycles. The second kappa shape index (κ2) is 5.35. The molecule has 0 saturated carbocycles. The third kappa shape index (κ3) is 2.46. The molecule has 6 heteroatoms. The number of rotatable bonds is 3. The summed E-state index contributed by atoms with van der Waals surface area (Å²) in [4.78, 5) is 31.3. The number of aromatic nitrogens is 1. The number of pyridine rings is 1. The van der Waals surface area contributed by atoms with E-state index in [9.17, 15) is 14.7 Å². The van der Waals surface area contributed by atoms with Crippen molar-refractivity contribution in [3.8, 4) is 0 Å². The maximum atomic E-state index is 12.6. The fourth-order valence-electron chi connectivity index (χ4n) is 3.58. The quantitative estimate of drug-likeness (QED) is 0.916. The highest BCUT2D eigenvalue weighted by molar-refractivity contribution is 5.79. The molecule has 2 fully saturated rings. The third-order valence-electron chi connectivity index (χ3n) is 4.57. The van der Waals surface area contributed by atoms with Gasteiger partial charge in [0.25, 0.3) is 0 Å². The summed E-state index contributed by atoms with van der Waals surface area (Å²) in [6, 6.07) is 3.64. The van der Waals surface area contributed by atoms with Crippen LogP contribution in [0.15, 0.2) is 24.5 Å². The van der Waals surface area contributed by atoms with Crippen molar-refractivity contribution in [2.45, 2.75) is 37.9 Å². The summed E-state index contributed by atoms with van der Waals surface area (Å²) >= 11 is 0. The minimum atomic E-state index is -0.781. The second-order valence-electron chi connectivity index (χ2n) is 5.88. The normalized spacial score (nSPS) is 26.9. The molecule has 1 aromatic heterocycles. The minimum absolute atomic E-state index is 0.0666. The Morgan fingerprint density at radius 1 is 1.38 bits per heavy atom. The number of carbonyl (C=O) groups excluding carboxylic acids is 1. The number of carbonyl (C=O) groups is 2. The molecule has 0 aliphatic carbocycles. The van der Waals surface area contributed by atoms with Crippen molar-refractivity contribution in [3.63, 3.8) is 0 Å². The van der Waals surface area contributed by atoms with Crippen LogP contribution in [-0.4, -0.2) is 51.0 Å². The van der Waals surface area contributed by atoms with Gasteiger partial charge in [-0.25, -0.2) is 4.79 Å². The number of hydrogen-bond donors (Lipinski definition) is 1. The van der Waals surface area contributed by atoms with Crippen molar-refractivity contribution in [3.05, 3.63) is 30.1 Å². The van der Waals surface area contributed by atoms with E-state index >= 15 is 0 Å². The molecule has 0 aromatic carbocycles. The van der Waals surface area contributed by atoms with Crippen LogP contribution in [0, 0.1) is 5.92 Å². The first kappa shape index (κ1) is 13.9. The summed E-state index contributed by atoms with van der Waals surface area (Å²) in [7, 11) is 1.76. The van der Waals surface area contributed by atoms with Gasteiger partial charge in [0.2, 0.25) is 0 Å². The fraction of sp³-hybridized carbons (Fsp3) is 0.533. The van der Waals surface area contributed by atoms with Crippen LogP contribution in [0.5, 0.6) is 0 Å². The molecule has 21 heavy (non-hydrogen) atoms. The minimum Gasteiger partial charge on any atom is -0.481 e. The first-order valence-corrected chi connectivity index (χ1v) is 7.23. The highest BCUT2D eigenvalue weighted by Crippen LogP contribution is 2.42. The first-order chi connectivity index (χ1) is 10.1. The number of urea groups is 1. The van der Waals surface area contributed by atoms with E-state index in [0.29, 0.717) is 13.0 Å². The maximum absolute atomic E-state index is 12.6. The number of hydrogen-bond acceptors (Lipinski definition) is 3. The predicted molar refractivity (Wildman–Crippen MR) is 75.5 cm³/mol. The van der Waals surface area contributed by atoms with Gasteiger partial charge in [0, 0.05) is 38.1 Å². The third-order valence-corrected chi connectivity index (χ3v) is 4.57. The molecule has 3 rings (SSSR count). The van der Waals surface area contributed by atoms with Gasteiger partial charge in [0.05, 0.1) is 5.92 Å². The van der Waals surface area contributed by atoms with Crippen molar-refractivity contribution in [1.29, 1.82) is 0 Å². The Labute approximate surface area is 123 Å². The van der Waals surface area contributed by atoms with Crippen LogP contribution in [0.4, 0.5) is 4.79 Å². The van der Waals surface area contributed by atoms with Crippen molar-refractivity contribution >= 4 is 12.0 Å². The van der Waals surface area contributed by atoms with E-state index in [1.807, 2.05) is 12.1 Å². The molecule has 1 N–H and O–H groups in total. The molecular weight excluding hydrogens is 270 g/mol. The highest BCUT2D eigenvalue weighted by Gasteiger charge is 2.51. The molecule has 3 atom stereocenters. The van der Waals surface area contributed by atoms with E-state index in [1.165, 1.54) is 0 Å². The van der Waals surface area contributed by atoms with E-state index in [0.717, 1.165) is 18.4 Å². The molecule has 3 heterocycles. The molecule has 2 aliphatic rings. The van der Waals surface area contributed by atoms with Crippen LogP contribution < -0.4 is 0 Å². The summed E-state index contributed by atoms with van der Waals surface area (Å²) in [6.45, 7) is 0.509. The summed E-state index contributed by atoms with van der Waals surface area (Å²) in [5.41, 5.74) is 1.02. The number of carboxylic acids is 1. The zero-order valence-electron chi connectivity index (χ0n) is 12.0. The Balaban J connectivity index is 1.69. The fourth-order valence-corrected chi connectivity index (χ4v) is 3.58. The van der Waals surface area contributed by atoms with Gasteiger partial charge in [-0.3, -0.25) is 9.78 Å². The van der Waals surface area contributed by atoms with Gasteiger partial charge in [-0.1, -0.05) is 0 Å². The molecule has 1 aromatic rings. The van der Waals surface area contributed by atoms with Crippen LogP contribution in [-0.2, 0) is 11.3 Å². The average Bonchev–Trinajstić information content (AvgIpc) is 3.05. The molecule has 0 spiro atoms. The number of nitrogens with zero attached hydrogens (tertiary/aromatic N) is 3. The Morgan fingerprint density at radius 2 is 2.10 bits per heavy atom. The molecule has 2 bridgehead atoms. The monoisotopic (exact) mass is 289 g/mol. The number of carboxylic acid groups (broad SMARTS) is 1. The van der Waals surface area contributed by atoms with E-state index in [-0.39, 0.29) is 18.1 Å². The SMILES string of the molecule is CN(Cc1ccncc1)C(=O)N1C2CCC1C(C(=O)O)C2. The van der Waals surface area contributed by atoms with Gasteiger partial charge in [0.1, 0.15) is 0 Å². The van der Waals surface area contributed by atoms with Gasteiger partial charge in [-0.2, -0.15) is 0 Å². The van der Waals surface area contributed by atoms with Crippen LogP contribution in [0.25, 0.3) is 0 Å². The van der Waals surface area contributed by atoms with Gasteiger partial charge < -0.3 is 14.9 Å². The van der Waals surface area contributed by atoms with Crippen molar-refractivity contribution in [2.75, 3.05) is 7.05 Å². The second-order valence-corrected chi connectivity index (χ2v) is 5.88. The zero-order valence-corrected chi connectivity index (χ0v) is 12.0. The van der Waals surface area contributed by atoms with Crippen molar-refractivity contribution in [2.24, 2.45) is 5.92 Å². The number of fused-ring (bicyclic) bond motifs is 2. The van der Waals surface area contributed by atoms with Gasteiger partial charge in [0.15, 0.2) is 0 Å². The van der Waals surface area contributed by atoms with Gasteiger partial charge in [-0.05, 0) is 37.0 Å². The van der Waals surface area contributed by atoms with E-state index in [1.54, 1.807) is 29.2 Å². The molecule has 3 unspecified atom stereocenters. The van der Waals surface area contributed by atoms with E-state index < -0.39 is 11.9 Å². The van der Waals surface area contributed by atoms with E-state index in [2.05, 4.69) is 4.98 Å². The molecule has 2 saturated heterocycles. The zero-order chi connectivity index (χ0) is 15.0. The van der Waals surface area contributed by atoms with Crippen LogP contribution in [0.3, 0.4) is 0 Å². The van der Waals surface area contributed by atoms with Crippen LogP contribution >= 0.6 is 0 Å². The lowest BCUT2D eigenvalue weighted by Crippen LogP contribution is -2.44. The Kier molecular flexibility index (Phi) is 3.53. The van der Waals surface area contributed by atoms with Gasteiger partial charge >= 0.3 is 12.0 Å². The predicted octanol–water partition coefficient (Wildman–Crippen LogP) is 1.57. The lowest BCUT2D eigenvalue weighted by molar-refractivity contribution is -0.142. The topological polar surface area (TPSA) is 73.7 Å². The van der Waals surface area contributed by atoms with E-state index in [4.69, 9.17) is 0 Å². The summed E-state index contributed by atoms with van der Waals surface area (Å²) in [5.74, 6) is -1.18.